The van der Waals surface area contributed by atoms with E-state index in [-0.39, 0.29) is 24.4 Å². The molecule has 0 radical (unpaired) electrons. The van der Waals surface area contributed by atoms with Crippen LogP contribution in [0.25, 0.3) is 11.1 Å². The number of phenols is 1. The number of phenolic OH excluding ortho intramolecular Hbond substituents is 1. The molecule has 1 saturated heterocycles. The molecule has 38 heavy (non-hydrogen) atoms. The van der Waals surface area contributed by atoms with Crippen LogP contribution in [0.5, 0.6) is 11.5 Å². The molecule has 2 unspecified atom stereocenters. The number of esters is 1. The second-order valence-electron chi connectivity index (χ2n) is 9.30. The van der Waals surface area contributed by atoms with Gasteiger partial charge in [-0.3, -0.25) is 0 Å². The number of para-hydroxylation sites is 1. The maximum atomic E-state index is 13.3. The molecule has 1 aliphatic rings. The molecule has 3 aromatic rings. The predicted molar refractivity (Wildman–Crippen MR) is 137 cm³/mol. The molecule has 9 heteroatoms. The summed E-state index contributed by atoms with van der Waals surface area (Å²) in [5, 5.41) is 10.8. The van der Waals surface area contributed by atoms with Crippen LogP contribution >= 0.6 is 0 Å². The van der Waals surface area contributed by atoms with Gasteiger partial charge in [0.2, 0.25) is 0 Å². The Morgan fingerprint density at radius 1 is 1.13 bits per heavy atom. The first-order valence-electron chi connectivity index (χ1n) is 12.3. The highest BCUT2D eigenvalue weighted by atomic mass is 19.4. The quantitative estimate of drug-likeness (QED) is 0.377. The minimum atomic E-state index is -4.46. The first-order valence-corrected chi connectivity index (χ1v) is 12.3. The summed E-state index contributed by atoms with van der Waals surface area (Å²) in [5.41, 5.74) is 1.75. The smallest absolute Gasteiger partial charge is 0.416 e. The Hall–Kier alpha value is -3.72. The second-order valence-corrected chi connectivity index (χ2v) is 9.30. The largest absolute Gasteiger partial charge is 0.506 e. The fourth-order valence-electron chi connectivity index (χ4n) is 4.61. The van der Waals surface area contributed by atoms with Gasteiger partial charge in [-0.1, -0.05) is 43.3 Å². The van der Waals surface area contributed by atoms with Crippen molar-refractivity contribution in [3.63, 3.8) is 0 Å². The van der Waals surface area contributed by atoms with Crippen LogP contribution in [0.1, 0.15) is 18.1 Å². The average molecular weight is 530 g/mol. The van der Waals surface area contributed by atoms with Gasteiger partial charge in [0.25, 0.3) is 0 Å². The van der Waals surface area contributed by atoms with Gasteiger partial charge in [0.05, 0.1) is 31.1 Å². The molecule has 0 aromatic heterocycles. The lowest BCUT2D eigenvalue weighted by Crippen LogP contribution is -2.46. The number of benzene rings is 3. The zero-order valence-corrected chi connectivity index (χ0v) is 21.2. The third-order valence-electron chi connectivity index (χ3n) is 6.63. The molecule has 0 bridgehead atoms. The number of aromatic hydroxyl groups is 1. The standard InChI is InChI=1S/C29H30F3NO5/c1-19(15-20-9-11-23(12-10-20)38-18-27(35)36-2)26-17-33(13-14-37-26)28-24(7-4-8-25(28)34)21-5-3-6-22(16-21)29(30,31)32/h3-12,16,19,26,34H,13-15,17-18H2,1-2H3. The van der Waals surface area contributed by atoms with Crippen molar-refractivity contribution in [2.75, 3.05) is 38.3 Å². The SMILES string of the molecule is COC(=O)COc1ccc(CC(C)C2CN(c3c(O)cccc3-c3cccc(C(F)(F)F)c3)CCO2)cc1. The topological polar surface area (TPSA) is 68.2 Å². The lowest BCUT2D eigenvalue weighted by molar-refractivity contribution is -0.143. The number of hydrogen-bond donors (Lipinski definition) is 1. The van der Waals surface area contributed by atoms with Crippen molar-refractivity contribution >= 4 is 11.7 Å². The summed E-state index contributed by atoms with van der Waals surface area (Å²) in [6.07, 6.45) is -3.90. The van der Waals surface area contributed by atoms with E-state index in [4.69, 9.17) is 9.47 Å². The van der Waals surface area contributed by atoms with Crippen LogP contribution in [0.4, 0.5) is 18.9 Å². The van der Waals surface area contributed by atoms with Crippen molar-refractivity contribution in [2.24, 2.45) is 5.92 Å². The number of anilines is 1. The number of morpholine rings is 1. The van der Waals surface area contributed by atoms with Gasteiger partial charge in [0.1, 0.15) is 11.5 Å². The Bertz CT molecular complexity index is 1250. The maximum absolute atomic E-state index is 13.3. The number of ether oxygens (including phenoxy) is 3. The van der Waals surface area contributed by atoms with Crippen LogP contribution in [0, 0.1) is 5.92 Å². The molecule has 1 heterocycles. The van der Waals surface area contributed by atoms with E-state index >= 15 is 0 Å². The summed E-state index contributed by atoms with van der Waals surface area (Å²) in [5.74, 6) is 0.231. The van der Waals surface area contributed by atoms with Crippen LogP contribution in [-0.4, -0.2) is 50.6 Å². The molecule has 0 amide bonds. The lowest BCUT2D eigenvalue weighted by Gasteiger charge is -2.38. The van der Waals surface area contributed by atoms with E-state index in [0.29, 0.717) is 42.3 Å². The lowest BCUT2D eigenvalue weighted by atomic mass is 9.93. The average Bonchev–Trinajstić information content (AvgIpc) is 2.92. The summed E-state index contributed by atoms with van der Waals surface area (Å²) in [6.45, 7) is 3.32. The van der Waals surface area contributed by atoms with Gasteiger partial charge >= 0.3 is 12.1 Å². The number of carbonyl (C=O) groups is 1. The summed E-state index contributed by atoms with van der Waals surface area (Å²) < 4.78 is 56.1. The van der Waals surface area contributed by atoms with Gasteiger partial charge < -0.3 is 24.2 Å². The zero-order chi connectivity index (χ0) is 27.3. The summed E-state index contributed by atoms with van der Waals surface area (Å²) >= 11 is 0. The molecule has 3 aromatic carbocycles. The highest BCUT2D eigenvalue weighted by molar-refractivity contribution is 5.83. The molecule has 4 rings (SSSR count). The third kappa shape index (κ3) is 6.58. The Kier molecular flexibility index (Phi) is 8.46. The van der Waals surface area contributed by atoms with Crippen molar-refractivity contribution in [1.82, 2.24) is 0 Å². The summed E-state index contributed by atoms with van der Waals surface area (Å²) in [7, 11) is 1.30. The molecule has 202 valence electrons. The van der Waals surface area contributed by atoms with E-state index in [1.807, 2.05) is 17.0 Å². The van der Waals surface area contributed by atoms with Crippen molar-refractivity contribution in [3.05, 3.63) is 77.9 Å². The Balaban J connectivity index is 1.48. The molecule has 6 nitrogen and oxygen atoms in total. The van der Waals surface area contributed by atoms with E-state index < -0.39 is 17.7 Å². The summed E-state index contributed by atoms with van der Waals surface area (Å²) in [6, 6.07) is 17.5. The fourth-order valence-corrected chi connectivity index (χ4v) is 4.61. The van der Waals surface area contributed by atoms with Crippen molar-refractivity contribution < 1.29 is 37.3 Å². The van der Waals surface area contributed by atoms with Gasteiger partial charge in [-0.2, -0.15) is 13.2 Å². The Morgan fingerprint density at radius 2 is 1.87 bits per heavy atom. The number of carbonyl (C=O) groups excluding carboxylic acids is 1. The third-order valence-corrected chi connectivity index (χ3v) is 6.63. The first kappa shape index (κ1) is 27.3. The zero-order valence-electron chi connectivity index (χ0n) is 21.2. The van der Waals surface area contributed by atoms with E-state index in [2.05, 4.69) is 11.7 Å². The van der Waals surface area contributed by atoms with Crippen LogP contribution in [-0.2, 0) is 26.9 Å². The molecule has 1 N–H and O–H groups in total. The molecule has 1 aliphatic heterocycles. The number of rotatable bonds is 8. The van der Waals surface area contributed by atoms with Gasteiger partial charge in [0, 0.05) is 18.7 Å². The molecular weight excluding hydrogens is 499 g/mol. The van der Waals surface area contributed by atoms with Crippen molar-refractivity contribution in [3.8, 4) is 22.6 Å². The molecule has 0 spiro atoms. The normalized spacial score (nSPS) is 16.7. The molecule has 0 saturated carbocycles. The van der Waals surface area contributed by atoms with Crippen LogP contribution in [0.2, 0.25) is 0 Å². The highest BCUT2D eigenvalue weighted by Crippen LogP contribution is 2.41. The number of methoxy groups -OCH3 is 1. The fraction of sp³-hybridized carbons (Fsp3) is 0.345. The van der Waals surface area contributed by atoms with Crippen LogP contribution in [0.15, 0.2) is 66.7 Å². The van der Waals surface area contributed by atoms with E-state index in [0.717, 1.165) is 24.1 Å². The Labute approximate surface area is 219 Å². The van der Waals surface area contributed by atoms with Crippen LogP contribution < -0.4 is 9.64 Å². The second kappa shape index (κ2) is 11.8. The molecule has 0 aliphatic carbocycles. The Morgan fingerprint density at radius 3 is 2.58 bits per heavy atom. The number of nitrogens with zero attached hydrogens (tertiary/aromatic N) is 1. The van der Waals surface area contributed by atoms with Crippen molar-refractivity contribution in [1.29, 1.82) is 0 Å². The number of hydrogen-bond acceptors (Lipinski definition) is 6. The van der Waals surface area contributed by atoms with Gasteiger partial charge in [-0.25, -0.2) is 4.79 Å². The number of halogens is 3. The summed E-state index contributed by atoms with van der Waals surface area (Å²) in [4.78, 5) is 13.2. The molecular formula is C29H30F3NO5. The highest BCUT2D eigenvalue weighted by Gasteiger charge is 2.32. The van der Waals surface area contributed by atoms with Gasteiger partial charge in [-0.15, -0.1) is 0 Å². The van der Waals surface area contributed by atoms with Gasteiger partial charge in [0.15, 0.2) is 6.61 Å². The van der Waals surface area contributed by atoms with Crippen LogP contribution in [0.3, 0.4) is 0 Å². The van der Waals surface area contributed by atoms with E-state index in [1.54, 1.807) is 36.4 Å². The van der Waals surface area contributed by atoms with Gasteiger partial charge in [-0.05, 0) is 53.8 Å². The minimum Gasteiger partial charge on any atom is -0.506 e. The minimum absolute atomic E-state index is 0.00996. The van der Waals surface area contributed by atoms with E-state index in [9.17, 15) is 23.1 Å². The van der Waals surface area contributed by atoms with Crippen molar-refractivity contribution in [2.45, 2.75) is 25.6 Å². The first-order chi connectivity index (χ1) is 18.2. The molecule has 1 fully saturated rings. The van der Waals surface area contributed by atoms with E-state index in [1.165, 1.54) is 13.2 Å². The number of alkyl halides is 3. The maximum Gasteiger partial charge on any atom is 0.416 e. The predicted octanol–water partition coefficient (Wildman–Crippen LogP) is 5.71. The molecule has 2 atom stereocenters. The monoisotopic (exact) mass is 529 g/mol.